The minimum Gasteiger partial charge on any atom is -0.550 e. The third kappa shape index (κ3) is 11.6. The maximum atomic E-state index is 9.68. The molecule has 0 aromatic carbocycles. The number of carbonyl (C=O) groups is 1. The first-order valence-corrected chi connectivity index (χ1v) is 2.51. The van der Waals surface area contributed by atoms with Crippen molar-refractivity contribution in [2.45, 2.75) is 25.9 Å². The second kappa shape index (κ2) is 6.29. The van der Waals surface area contributed by atoms with Gasteiger partial charge in [-0.25, -0.2) is 0 Å². The third-order valence-electron chi connectivity index (χ3n) is 0.766. The molecule has 58 valence electrons. The Labute approximate surface area is 69.6 Å². The number of aliphatic hydroxyl groups excluding tert-OH is 1. The van der Waals surface area contributed by atoms with Crippen LogP contribution in [0.25, 0.3) is 0 Å². The molecule has 0 aromatic heterocycles. The Morgan fingerprint density at radius 2 is 2.22 bits per heavy atom. The van der Waals surface area contributed by atoms with Crippen LogP contribution in [0.5, 0.6) is 0 Å². The molecule has 0 radical (unpaired) electrons. The Bertz CT molecular complexity index is 82.3. The Morgan fingerprint density at radius 1 is 1.78 bits per heavy atom. The summed E-state index contributed by atoms with van der Waals surface area (Å²) < 4.78 is 0. The Morgan fingerprint density at radius 3 is 2.33 bits per heavy atom. The van der Waals surface area contributed by atoms with E-state index in [0.29, 0.717) is 0 Å². The van der Waals surface area contributed by atoms with Crippen LogP contribution in [0.15, 0.2) is 0 Å². The molecule has 0 amide bonds. The van der Waals surface area contributed by atoms with Crippen LogP contribution in [0, 0.1) is 0 Å². The smallest absolute Gasteiger partial charge is 0.550 e. The van der Waals surface area contributed by atoms with E-state index >= 15 is 0 Å². The quantitative estimate of drug-likeness (QED) is 0.620. The normalized spacial score (nSPS) is 11.8. The molecule has 9 heavy (non-hydrogen) atoms. The summed E-state index contributed by atoms with van der Waals surface area (Å²) in [7, 11) is 0. The van der Waals surface area contributed by atoms with Crippen molar-refractivity contribution in [3.8, 4) is 0 Å². The van der Waals surface area contributed by atoms with Crippen molar-refractivity contribution in [2.24, 2.45) is 0 Å². The maximum absolute atomic E-state index is 9.68. The molecule has 0 aliphatic rings. The molecule has 1 N–H and O–H groups in total. The molecule has 0 fully saturated rings. The van der Waals surface area contributed by atoms with E-state index in [1.807, 2.05) is 0 Å². The average molecular weight is 225 g/mol. The number of aliphatic hydroxyl groups is 1. The van der Waals surface area contributed by atoms with Crippen LogP contribution >= 0.6 is 0 Å². The van der Waals surface area contributed by atoms with Crippen molar-refractivity contribution in [2.75, 3.05) is 0 Å². The number of carboxylic acid groups (broad SMARTS) is 1. The van der Waals surface area contributed by atoms with Gasteiger partial charge in [0.1, 0.15) is 0 Å². The molecule has 0 spiro atoms. The first-order valence-electron chi connectivity index (χ1n) is 2.51. The molecule has 3 nitrogen and oxygen atoms in total. The number of hydrogen-bond acceptors (Lipinski definition) is 3. The third-order valence-corrected chi connectivity index (χ3v) is 0.766. The molecule has 0 aliphatic heterocycles. The molecule has 0 heterocycles. The summed E-state index contributed by atoms with van der Waals surface area (Å²) in [5.41, 5.74) is 0. The molecule has 0 saturated heterocycles. The first-order chi connectivity index (χ1) is 3.63. The largest absolute Gasteiger partial charge is 1.00 e. The molecule has 4 heteroatoms. The topological polar surface area (TPSA) is 60.4 Å². The second-order valence-electron chi connectivity index (χ2n) is 1.76. The van der Waals surface area contributed by atoms with E-state index in [1.165, 1.54) is 0 Å². The van der Waals surface area contributed by atoms with E-state index in [-0.39, 0.29) is 35.2 Å². The van der Waals surface area contributed by atoms with Crippen molar-refractivity contribution >= 4 is 5.97 Å². The Balaban J connectivity index is 0. The summed E-state index contributed by atoms with van der Waals surface area (Å²) in [6, 6.07) is 0. The number of aliphatic carboxylic acids is 1. The van der Waals surface area contributed by atoms with Crippen LogP contribution in [0.3, 0.4) is 0 Å². The van der Waals surface area contributed by atoms with E-state index in [0.717, 1.165) is 0 Å². The van der Waals surface area contributed by atoms with Gasteiger partial charge in [0.15, 0.2) is 0 Å². The summed E-state index contributed by atoms with van der Waals surface area (Å²) in [6.07, 6.45) is -0.312. The number of hydrogen-bond donors (Lipinski definition) is 1. The molecule has 1 atom stereocenters. The second-order valence-corrected chi connectivity index (χ2v) is 1.76. The average Bonchev–Trinajstić information content (AvgIpc) is 1.61. The van der Waals surface area contributed by atoms with Gasteiger partial charge in [-0.3, -0.25) is 0 Å². The van der Waals surface area contributed by atoms with Crippen molar-refractivity contribution in [1.82, 2.24) is 0 Å². The van der Waals surface area contributed by atoms with Gasteiger partial charge in [-0.05, 0) is 19.8 Å². The Hall–Kier alpha value is 0.170. The van der Waals surface area contributed by atoms with Crippen LogP contribution < -0.4 is 5.11 Å². The summed E-state index contributed by atoms with van der Waals surface area (Å²) in [6.45, 7) is 1.54. The van der Waals surface area contributed by atoms with Crippen molar-refractivity contribution in [1.29, 1.82) is 0 Å². The van der Waals surface area contributed by atoms with E-state index < -0.39 is 12.1 Å². The standard InChI is InChI=1S/C5H10O3.Ag/c1-4(6)2-3-5(7)8;/h4,6H,2-3H2,1H3,(H,7,8);/q;+1/p-1/t4-;/m0./s1. The minimum absolute atomic E-state index is 0. The summed E-state index contributed by atoms with van der Waals surface area (Å²) in [4.78, 5) is 9.68. The van der Waals surface area contributed by atoms with E-state index in [9.17, 15) is 9.90 Å². The van der Waals surface area contributed by atoms with Gasteiger partial charge in [0, 0.05) is 5.97 Å². The van der Waals surface area contributed by atoms with Crippen LogP contribution in [0.2, 0.25) is 0 Å². The maximum Gasteiger partial charge on any atom is 1.00 e. The summed E-state index contributed by atoms with van der Waals surface area (Å²) in [5.74, 6) is -1.11. The monoisotopic (exact) mass is 224 g/mol. The minimum atomic E-state index is -1.11. The van der Waals surface area contributed by atoms with Crippen molar-refractivity contribution in [3.63, 3.8) is 0 Å². The zero-order valence-electron chi connectivity index (χ0n) is 5.06. The number of rotatable bonds is 3. The molecular weight excluding hydrogens is 216 g/mol. The first kappa shape index (κ1) is 11.9. The molecule has 0 rings (SSSR count). The number of carbonyl (C=O) groups excluding carboxylic acids is 1. The van der Waals surface area contributed by atoms with Gasteiger partial charge >= 0.3 is 22.4 Å². The summed E-state index contributed by atoms with van der Waals surface area (Å²) >= 11 is 0. The molecular formula is C5H9AgO3. The van der Waals surface area contributed by atoms with Gasteiger partial charge in [0.25, 0.3) is 0 Å². The SMILES string of the molecule is C[C@H](O)CCC(=O)[O-].[Ag+]. The van der Waals surface area contributed by atoms with Crippen molar-refractivity contribution < 1.29 is 37.4 Å². The van der Waals surface area contributed by atoms with Gasteiger partial charge in [-0.1, -0.05) is 0 Å². The molecule has 0 bridgehead atoms. The molecule has 0 saturated carbocycles. The predicted octanol–water partition coefficient (Wildman–Crippen LogP) is -1.11. The zero-order chi connectivity index (χ0) is 6.57. The van der Waals surface area contributed by atoms with Crippen LogP contribution in [-0.2, 0) is 27.2 Å². The van der Waals surface area contributed by atoms with Crippen LogP contribution in [0.4, 0.5) is 0 Å². The predicted molar refractivity (Wildman–Crippen MR) is 25.9 cm³/mol. The van der Waals surface area contributed by atoms with Gasteiger partial charge in [-0.15, -0.1) is 0 Å². The zero-order valence-corrected chi connectivity index (χ0v) is 6.54. The van der Waals surface area contributed by atoms with Gasteiger partial charge in [0.2, 0.25) is 0 Å². The molecule has 0 aliphatic carbocycles. The summed E-state index contributed by atoms with van der Waals surface area (Å²) in [5, 5.41) is 18.2. The van der Waals surface area contributed by atoms with E-state index in [4.69, 9.17) is 5.11 Å². The Kier molecular flexibility index (Phi) is 8.32. The van der Waals surface area contributed by atoms with Crippen LogP contribution in [-0.4, -0.2) is 17.2 Å². The van der Waals surface area contributed by atoms with E-state index in [1.54, 1.807) is 6.92 Å². The van der Waals surface area contributed by atoms with Gasteiger partial charge in [0.05, 0.1) is 6.10 Å². The van der Waals surface area contributed by atoms with Gasteiger partial charge in [-0.2, -0.15) is 0 Å². The van der Waals surface area contributed by atoms with Gasteiger partial charge < -0.3 is 15.0 Å². The van der Waals surface area contributed by atoms with Crippen LogP contribution in [0.1, 0.15) is 19.8 Å². The molecule has 0 unspecified atom stereocenters. The number of carboxylic acids is 1. The fourth-order valence-electron chi connectivity index (χ4n) is 0.327. The van der Waals surface area contributed by atoms with Crippen molar-refractivity contribution in [3.05, 3.63) is 0 Å². The molecule has 0 aromatic rings. The fraction of sp³-hybridized carbons (Fsp3) is 0.800. The van der Waals surface area contributed by atoms with E-state index in [2.05, 4.69) is 0 Å². The fourth-order valence-corrected chi connectivity index (χ4v) is 0.327.